The summed E-state index contributed by atoms with van der Waals surface area (Å²) in [6.07, 6.45) is 0.990. The Hall–Kier alpha value is -2.31. The van der Waals surface area contributed by atoms with Crippen LogP contribution in [0.25, 0.3) is 0 Å². The van der Waals surface area contributed by atoms with Gasteiger partial charge in [-0.1, -0.05) is 24.3 Å². The summed E-state index contributed by atoms with van der Waals surface area (Å²) >= 11 is 0. The van der Waals surface area contributed by atoms with Gasteiger partial charge in [-0.05, 0) is 48.2 Å². The number of nitrogens with zero attached hydrogens (tertiary/aromatic N) is 2. The third-order valence-electron chi connectivity index (χ3n) is 4.38. The van der Waals surface area contributed by atoms with E-state index < -0.39 is 0 Å². The predicted octanol–water partition coefficient (Wildman–Crippen LogP) is 3.26. The summed E-state index contributed by atoms with van der Waals surface area (Å²) in [6.45, 7) is 4.12. The Morgan fingerprint density at radius 3 is 2.86 bits per heavy atom. The van der Waals surface area contributed by atoms with Crippen LogP contribution in [0.3, 0.4) is 0 Å². The molecule has 0 radical (unpaired) electrons. The third kappa shape index (κ3) is 2.63. The van der Waals surface area contributed by atoms with Crippen LogP contribution in [-0.4, -0.2) is 11.4 Å². The molecule has 106 valence electrons. The van der Waals surface area contributed by atoms with Gasteiger partial charge in [-0.3, -0.25) is 4.90 Å². The van der Waals surface area contributed by atoms with E-state index in [9.17, 15) is 0 Å². The Balaban J connectivity index is 1.84. The minimum Gasteiger partial charge on any atom is -0.398 e. The van der Waals surface area contributed by atoms with Crippen LogP contribution in [-0.2, 0) is 13.0 Å². The summed E-state index contributed by atoms with van der Waals surface area (Å²) < 4.78 is 0. The molecule has 1 heterocycles. The molecule has 2 aromatic carbocycles. The topological polar surface area (TPSA) is 53.0 Å². The van der Waals surface area contributed by atoms with Crippen molar-refractivity contribution in [2.45, 2.75) is 25.9 Å². The number of benzene rings is 2. The van der Waals surface area contributed by atoms with Gasteiger partial charge in [0.25, 0.3) is 0 Å². The SMILES string of the molecule is CC(c1cccc(C#N)c1)N1CCc2c(N)cccc2C1. The summed E-state index contributed by atoms with van der Waals surface area (Å²) in [4.78, 5) is 2.44. The number of hydrogen-bond acceptors (Lipinski definition) is 3. The lowest BCUT2D eigenvalue weighted by molar-refractivity contribution is 0.192. The van der Waals surface area contributed by atoms with E-state index in [1.807, 2.05) is 30.3 Å². The van der Waals surface area contributed by atoms with E-state index >= 15 is 0 Å². The molecule has 3 nitrogen and oxygen atoms in total. The first-order valence-electron chi connectivity index (χ1n) is 7.29. The average Bonchev–Trinajstić information content (AvgIpc) is 2.54. The van der Waals surface area contributed by atoms with Crippen molar-refractivity contribution < 1.29 is 0 Å². The van der Waals surface area contributed by atoms with Crippen molar-refractivity contribution >= 4 is 5.69 Å². The molecule has 1 unspecified atom stereocenters. The molecule has 0 amide bonds. The lowest BCUT2D eigenvalue weighted by atomic mass is 9.95. The molecule has 1 atom stereocenters. The van der Waals surface area contributed by atoms with Crippen molar-refractivity contribution in [1.82, 2.24) is 4.90 Å². The van der Waals surface area contributed by atoms with Crippen molar-refractivity contribution in [1.29, 1.82) is 5.26 Å². The van der Waals surface area contributed by atoms with Crippen LogP contribution in [0.15, 0.2) is 42.5 Å². The largest absolute Gasteiger partial charge is 0.398 e. The summed E-state index contributed by atoms with van der Waals surface area (Å²) in [5, 5.41) is 9.04. The number of hydrogen-bond donors (Lipinski definition) is 1. The van der Waals surface area contributed by atoms with Crippen molar-refractivity contribution in [2.75, 3.05) is 12.3 Å². The van der Waals surface area contributed by atoms with Gasteiger partial charge < -0.3 is 5.73 Å². The zero-order chi connectivity index (χ0) is 14.8. The molecule has 2 N–H and O–H groups in total. The van der Waals surface area contributed by atoms with Gasteiger partial charge >= 0.3 is 0 Å². The lowest BCUT2D eigenvalue weighted by Crippen LogP contribution is -2.33. The predicted molar refractivity (Wildman–Crippen MR) is 84.5 cm³/mol. The molecule has 3 rings (SSSR count). The highest BCUT2D eigenvalue weighted by Crippen LogP contribution is 2.30. The highest BCUT2D eigenvalue weighted by Gasteiger charge is 2.22. The van der Waals surface area contributed by atoms with Crippen molar-refractivity contribution in [2.24, 2.45) is 0 Å². The monoisotopic (exact) mass is 277 g/mol. The molecule has 0 fully saturated rings. The van der Waals surface area contributed by atoms with Crippen LogP contribution in [0.5, 0.6) is 0 Å². The quantitative estimate of drug-likeness (QED) is 0.857. The molecule has 0 aromatic heterocycles. The Labute approximate surface area is 125 Å². The van der Waals surface area contributed by atoms with Crippen molar-refractivity contribution in [3.8, 4) is 6.07 Å². The zero-order valence-corrected chi connectivity index (χ0v) is 12.2. The maximum atomic E-state index is 9.04. The summed E-state index contributed by atoms with van der Waals surface area (Å²) in [6, 6.07) is 16.6. The first-order valence-corrected chi connectivity index (χ1v) is 7.29. The molecule has 21 heavy (non-hydrogen) atoms. The molecule has 0 spiro atoms. The summed E-state index contributed by atoms with van der Waals surface area (Å²) in [5.74, 6) is 0. The fourth-order valence-corrected chi connectivity index (χ4v) is 3.07. The first kappa shape index (κ1) is 13.7. The fraction of sp³-hybridized carbons (Fsp3) is 0.278. The Morgan fingerprint density at radius 2 is 2.05 bits per heavy atom. The lowest BCUT2D eigenvalue weighted by Gasteiger charge is -2.34. The van der Waals surface area contributed by atoms with Gasteiger partial charge in [0.15, 0.2) is 0 Å². The van der Waals surface area contributed by atoms with Gasteiger partial charge in [0.05, 0.1) is 11.6 Å². The summed E-state index contributed by atoms with van der Waals surface area (Å²) in [5.41, 5.74) is 11.5. The van der Waals surface area contributed by atoms with Gasteiger partial charge in [-0.15, -0.1) is 0 Å². The smallest absolute Gasteiger partial charge is 0.0991 e. The second kappa shape index (κ2) is 5.59. The van der Waals surface area contributed by atoms with E-state index in [-0.39, 0.29) is 0 Å². The van der Waals surface area contributed by atoms with Gasteiger partial charge in [0.2, 0.25) is 0 Å². The molecule has 1 aliphatic rings. The molecular weight excluding hydrogens is 258 g/mol. The van der Waals surface area contributed by atoms with Crippen LogP contribution in [0.2, 0.25) is 0 Å². The maximum absolute atomic E-state index is 9.04. The first-order chi connectivity index (χ1) is 10.2. The van der Waals surface area contributed by atoms with Gasteiger partial charge in [0, 0.05) is 24.8 Å². The molecule has 2 aromatic rings. The second-order valence-corrected chi connectivity index (χ2v) is 5.62. The van der Waals surface area contributed by atoms with E-state index in [4.69, 9.17) is 11.0 Å². The standard InChI is InChI=1S/C18H19N3/c1-13(15-5-2-4-14(10-15)11-19)21-9-8-17-16(12-21)6-3-7-18(17)20/h2-7,10,13H,8-9,12,20H2,1H3. The van der Waals surface area contributed by atoms with Crippen LogP contribution in [0, 0.1) is 11.3 Å². The molecule has 0 bridgehead atoms. The molecule has 3 heteroatoms. The van der Waals surface area contributed by atoms with Crippen LogP contribution in [0.4, 0.5) is 5.69 Å². The molecule has 0 saturated heterocycles. The Morgan fingerprint density at radius 1 is 1.24 bits per heavy atom. The minimum atomic E-state index is 0.299. The Bertz CT molecular complexity index is 700. The normalized spacial score (nSPS) is 16.0. The zero-order valence-electron chi connectivity index (χ0n) is 12.2. The minimum absolute atomic E-state index is 0.299. The van der Waals surface area contributed by atoms with Gasteiger partial charge in [-0.2, -0.15) is 5.26 Å². The number of nitriles is 1. The highest BCUT2D eigenvalue weighted by molar-refractivity contribution is 5.52. The van der Waals surface area contributed by atoms with E-state index in [1.165, 1.54) is 16.7 Å². The molecule has 0 aliphatic carbocycles. The van der Waals surface area contributed by atoms with E-state index in [2.05, 4.69) is 30.0 Å². The highest BCUT2D eigenvalue weighted by atomic mass is 15.2. The molecule has 1 aliphatic heterocycles. The number of nitrogen functional groups attached to an aromatic ring is 1. The second-order valence-electron chi connectivity index (χ2n) is 5.62. The molecular formula is C18H19N3. The van der Waals surface area contributed by atoms with Crippen LogP contribution in [0.1, 0.15) is 35.2 Å². The van der Waals surface area contributed by atoms with Crippen LogP contribution < -0.4 is 5.73 Å². The number of rotatable bonds is 2. The van der Waals surface area contributed by atoms with Crippen molar-refractivity contribution in [3.63, 3.8) is 0 Å². The third-order valence-corrected chi connectivity index (χ3v) is 4.38. The van der Waals surface area contributed by atoms with Crippen molar-refractivity contribution in [3.05, 3.63) is 64.7 Å². The number of fused-ring (bicyclic) bond motifs is 1. The van der Waals surface area contributed by atoms with E-state index in [1.54, 1.807) is 0 Å². The summed E-state index contributed by atoms with van der Waals surface area (Å²) in [7, 11) is 0. The number of anilines is 1. The van der Waals surface area contributed by atoms with E-state index in [0.29, 0.717) is 6.04 Å². The van der Waals surface area contributed by atoms with Crippen LogP contribution >= 0.6 is 0 Å². The number of nitrogens with two attached hydrogens (primary N) is 1. The van der Waals surface area contributed by atoms with Gasteiger partial charge in [0.1, 0.15) is 0 Å². The average molecular weight is 277 g/mol. The van der Waals surface area contributed by atoms with Gasteiger partial charge in [-0.25, -0.2) is 0 Å². The van der Waals surface area contributed by atoms with E-state index in [0.717, 1.165) is 30.8 Å². The molecule has 0 saturated carbocycles. The fourth-order valence-electron chi connectivity index (χ4n) is 3.07. The maximum Gasteiger partial charge on any atom is 0.0991 e. The Kier molecular flexibility index (Phi) is 3.64.